The van der Waals surface area contributed by atoms with Crippen LogP contribution in [-0.2, 0) is 0 Å². The monoisotopic (exact) mass is 324 g/mol. The minimum atomic E-state index is -0.522. The molecule has 21 heavy (non-hydrogen) atoms. The fourth-order valence-corrected chi connectivity index (χ4v) is 2.98. The molecule has 0 saturated carbocycles. The van der Waals surface area contributed by atoms with Crippen LogP contribution in [0.5, 0.6) is 0 Å². The van der Waals surface area contributed by atoms with Crippen LogP contribution in [0, 0.1) is 16.4 Å². The Balaban J connectivity index is 2.25. The molecule has 2 nitrogen and oxygen atoms in total. The highest BCUT2D eigenvalue weighted by atomic mass is 35.5. The lowest BCUT2D eigenvalue weighted by Crippen LogP contribution is -2.08. The van der Waals surface area contributed by atoms with Gasteiger partial charge in [0.25, 0.3) is 0 Å². The summed E-state index contributed by atoms with van der Waals surface area (Å²) in [5.41, 5.74) is 1.68. The molecule has 108 valence electrons. The number of fused-ring (bicyclic) bond motifs is 1. The summed E-state index contributed by atoms with van der Waals surface area (Å²) >= 11 is 11.1. The van der Waals surface area contributed by atoms with Crippen LogP contribution in [0.4, 0.5) is 8.78 Å². The van der Waals surface area contributed by atoms with E-state index in [1.807, 2.05) is 6.92 Å². The van der Waals surface area contributed by atoms with Crippen LogP contribution in [0.25, 0.3) is 11.0 Å². The van der Waals surface area contributed by atoms with E-state index in [1.165, 1.54) is 18.2 Å². The molecule has 0 fully saturated rings. The Morgan fingerprint density at radius 3 is 2.62 bits per heavy atom. The highest BCUT2D eigenvalue weighted by Crippen LogP contribution is 2.29. The smallest absolute Gasteiger partial charge is 0.178 e. The van der Waals surface area contributed by atoms with Crippen LogP contribution in [0.15, 0.2) is 36.4 Å². The zero-order valence-corrected chi connectivity index (χ0v) is 12.6. The van der Waals surface area contributed by atoms with E-state index in [0.29, 0.717) is 21.4 Å². The van der Waals surface area contributed by atoms with E-state index >= 15 is 0 Å². The van der Waals surface area contributed by atoms with Crippen LogP contribution in [-0.4, -0.2) is 9.55 Å². The molecule has 1 heterocycles. The number of hydrogen-bond donors (Lipinski definition) is 1. The molecule has 1 aromatic heterocycles. The summed E-state index contributed by atoms with van der Waals surface area (Å²) in [6.07, 6.45) is 0. The number of nitrogens with zero attached hydrogens (tertiary/aromatic N) is 1. The van der Waals surface area contributed by atoms with Gasteiger partial charge >= 0.3 is 0 Å². The van der Waals surface area contributed by atoms with Gasteiger partial charge in [-0.3, -0.25) is 0 Å². The average Bonchev–Trinajstić information content (AvgIpc) is 2.74. The highest BCUT2D eigenvalue weighted by molar-refractivity contribution is 7.71. The van der Waals surface area contributed by atoms with E-state index in [4.69, 9.17) is 23.8 Å². The summed E-state index contributed by atoms with van der Waals surface area (Å²) in [6, 6.07) is 8.94. The van der Waals surface area contributed by atoms with Crippen LogP contribution in [0.2, 0.25) is 5.02 Å². The Morgan fingerprint density at radius 2 is 1.90 bits per heavy atom. The van der Waals surface area contributed by atoms with Gasteiger partial charge in [0.05, 0.1) is 22.1 Å². The molecule has 0 radical (unpaired) electrons. The van der Waals surface area contributed by atoms with Gasteiger partial charge in [-0.2, -0.15) is 0 Å². The Labute approximate surface area is 130 Å². The number of aromatic nitrogens is 2. The molecular weight excluding hydrogens is 314 g/mol. The normalized spacial score (nSPS) is 12.8. The summed E-state index contributed by atoms with van der Waals surface area (Å²) in [5, 5.41) is 0.00554. The average molecular weight is 325 g/mol. The van der Waals surface area contributed by atoms with Crippen LogP contribution >= 0.6 is 23.8 Å². The van der Waals surface area contributed by atoms with Gasteiger partial charge in [-0.1, -0.05) is 29.8 Å². The SMILES string of the molecule is CC(c1ccccc1F)n1c(=S)[nH]c2cc(F)c(Cl)cc21. The third kappa shape index (κ3) is 2.36. The fraction of sp³-hybridized carbons (Fsp3) is 0.133. The van der Waals surface area contributed by atoms with Gasteiger partial charge < -0.3 is 9.55 Å². The molecule has 6 heteroatoms. The fourth-order valence-electron chi connectivity index (χ4n) is 2.46. The molecule has 0 spiro atoms. The van der Waals surface area contributed by atoms with Crippen molar-refractivity contribution in [3.05, 3.63) is 63.4 Å². The van der Waals surface area contributed by atoms with Gasteiger partial charge in [0.1, 0.15) is 11.6 Å². The first-order valence-corrected chi connectivity index (χ1v) is 7.11. The Bertz CT molecular complexity index is 885. The number of rotatable bonds is 2. The molecule has 3 rings (SSSR count). The number of H-pyrrole nitrogens is 1. The van der Waals surface area contributed by atoms with Crippen molar-refractivity contribution in [1.29, 1.82) is 0 Å². The minimum absolute atomic E-state index is 0.00554. The lowest BCUT2D eigenvalue weighted by atomic mass is 10.1. The van der Waals surface area contributed by atoms with Crippen molar-refractivity contribution in [3.8, 4) is 0 Å². The van der Waals surface area contributed by atoms with Crippen LogP contribution < -0.4 is 0 Å². The lowest BCUT2D eigenvalue weighted by molar-refractivity contribution is 0.561. The second-order valence-corrected chi connectivity index (χ2v) is 5.58. The number of benzene rings is 2. The van der Waals surface area contributed by atoms with Gasteiger partial charge in [0.2, 0.25) is 0 Å². The molecule has 1 N–H and O–H groups in total. The van der Waals surface area contributed by atoms with Crippen LogP contribution in [0.1, 0.15) is 18.5 Å². The number of halogens is 3. The minimum Gasteiger partial charge on any atom is -0.330 e. The predicted molar refractivity (Wildman–Crippen MR) is 82.3 cm³/mol. The maximum absolute atomic E-state index is 14.0. The van der Waals surface area contributed by atoms with Gasteiger partial charge in [-0.15, -0.1) is 0 Å². The van der Waals surface area contributed by atoms with E-state index in [9.17, 15) is 8.78 Å². The summed E-state index contributed by atoms with van der Waals surface area (Å²) in [5.74, 6) is -0.833. The zero-order valence-electron chi connectivity index (χ0n) is 11.0. The molecule has 2 aromatic carbocycles. The number of hydrogen-bond acceptors (Lipinski definition) is 1. The molecule has 0 saturated heterocycles. The second kappa shape index (κ2) is 5.24. The topological polar surface area (TPSA) is 20.7 Å². The molecule has 0 aliphatic rings. The molecular formula is C15H11ClF2N2S. The lowest BCUT2D eigenvalue weighted by Gasteiger charge is -2.16. The molecule has 0 amide bonds. The van der Waals surface area contributed by atoms with Crippen molar-refractivity contribution in [2.75, 3.05) is 0 Å². The molecule has 0 bridgehead atoms. The first-order valence-electron chi connectivity index (χ1n) is 6.32. The molecule has 3 aromatic rings. The van der Waals surface area contributed by atoms with Crippen molar-refractivity contribution in [3.63, 3.8) is 0 Å². The van der Waals surface area contributed by atoms with Gasteiger partial charge in [0.15, 0.2) is 4.77 Å². The summed E-state index contributed by atoms with van der Waals surface area (Å²) < 4.78 is 29.6. The first kappa shape index (κ1) is 14.2. The largest absolute Gasteiger partial charge is 0.330 e. The maximum Gasteiger partial charge on any atom is 0.178 e. The number of imidazole rings is 1. The summed E-state index contributed by atoms with van der Waals surface area (Å²) in [4.78, 5) is 2.92. The summed E-state index contributed by atoms with van der Waals surface area (Å²) in [6.45, 7) is 1.83. The molecule has 1 unspecified atom stereocenters. The van der Waals surface area contributed by atoms with Crippen molar-refractivity contribution >= 4 is 34.9 Å². The third-order valence-electron chi connectivity index (χ3n) is 3.50. The Hall–Kier alpha value is -1.72. The van der Waals surface area contributed by atoms with E-state index in [-0.39, 0.29) is 16.9 Å². The van der Waals surface area contributed by atoms with E-state index in [0.717, 1.165) is 0 Å². The number of aromatic amines is 1. The van der Waals surface area contributed by atoms with Gasteiger partial charge in [0, 0.05) is 11.6 Å². The quantitative estimate of drug-likeness (QED) is 0.639. The molecule has 1 atom stereocenters. The standard InChI is InChI=1S/C15H11ClF2N2S/c1-8(9-4-2-3-5-11(9)17)20-14-6-10(16)12(18)7-13(14)19-15(20)21/h2-8H,1H3,(H,19,21). The Morgan fingerprint density at radius 1 is 1.19 bits per heavy atom. The number of nitrogens with one attached hydrogen (secondary N) is 1. The summed E-state index contributed by atoms with van der Waals surface area (Å²) in [7, 11) is 0. The van der Waals surface area contributed by atoms with E-state index in [2.05, 4.69) is 4.98 Å². The zero-order chi connectivity index (χ0) is 15.1. The van der Waals surface area contributed by atoms with E-state index in [1.54, 1.807) is 22.8 Å². The predicted octanol–water partition coefficient (Wildman–Crippen LogP) is 5.24. The van der Waals surface area contributed by atoms with Crippen LogP contribution in [0.3, 0.4) is 0 Å². The van der Waals surface area contributed by atoms with Gasteiger partial charge in [-0.05, 0) is 31.3 Å². The highest BCUT2D eigenvalue weighted by Gasteiger charge is 2.17. The third-order valence-corrected chi connectivity index (χ3v) is 4.09. The second-order valence-electron chi connectivity index (χ2n) is 4.78. The maximum atomic E-state index is 14.0. The molecule has 0 aliphatic carbocycles. The van der Waals surface area contributed by atoms with Crippen molar-refractivity contribution < 1.29 is 8.78 Å². The molecule has 0 aliphatic heterocycles. The van der Waals surface area contributed by atoms with Gasteiger partial charge in [-0.25, -0.2) is 8.78 Å². The van der Waals surface area contributed by atoms with Crippen molar-refractivity contribution in [2.24, 2.45) is 0 Å². The van der Waals surface area contributed by atoms with Crippen molar-refractivity contribution in [1.82, 2.24) is 9.55 Å². The Kier molecular flexibility index (Phi) is 3.55. The van der Waals surface area contributed by atoms with Crippen molar-refractivity contribution in [2.45, 2.75) is 13.0 Å². The van der Waals surface area contributed by atoms with E-state index < -0.39 is 5.82 Å². The first-order chi connectivity index (χ1) is 9.99.